The largest absolute Gasteiger partial charge is 0.393 e. The van der Waals surface area contributed by atoms with Crippen molar-refractivity contribution in [2.24, 2.45) is 0 Å². The lowest BCUT2D eigenvalue weighted by Gasteiger charge is -2.24. The molecular formula is C26H29N7O2S. The molecule has 6 rings (SSSR count). The highest BCUT2D eigenvalue weighted by molar-refractivity contribution is 7.15. The molecule has 0 radical (unpaired) electrons. The fraction of sp³-hybridized carbons (Fsp3) is 0.385. The molecular weight excluding hydrogens is 474 g/mol. The van der Waals surface area contributed by atoms with Crippen molar-refractivity contribution in [2.45, 2.75) is 50.7 Å². The van der Waals surface area contributed by atoms with Crippen molar-refractivity contribution < 1.29 is 9.90 Å². The van der Waals surface area contributed by atoms with Gasteiger partial charge >= 0.3 is 0 Å². The number of nitrogens with one attached hydrogen (secondary N) is 1. The molecule has 4 aromatic rings. The second kappa shape index (κ2) is 9.27. The summed E-state index contributed by atoms with van der Waals surface area (Å²) in [7, 11) is 2.09. The normalized spacial score (nSPS) is 20.4. The van der Waals surface area contributed by atoms with Crippen molar-refractivity contribution >= 4 is 33.7 Å². The van der Waals surface area contributed by atoms with Crippen LogP contribution in [-0.2, 0) is 13.0 Å². The molecule has 9 nitrogen and oxygen atoms in total. The molecule has 0 atom stereocenters. The number of carbonyl (C=O) groups excluding carboxylic acids is 1. The lowest BCUT2D eigenvalue weighted by Crippen LogP contribution is -2.25. The first-order chi connectivity index (χ1) is 17.5. The van der Waals surface area contributed by atoms with Crippen molar-refractivity contribution in [1.29, 1.82) is 0 Å². The number of carbonyl (C=O) groups is 1. The number of nitrogens with zero attached hydrogens (tertiary/aromatic N) is 5. The van der Waals surface area contributed by atoms with Crippen LogP contribution < -0.4 is 11.1 Å². The quantitative estimate of drug-likeness (QED) is 0.388. The number of aliphatic hydroxyl groups is 1. The molecule has 4 N–H and O–H groups in total. The van der Waals surface area contributed by atoms with Gasteiger partial charge in [-0.2, -0.15) is 0 Å². The van der Waals surface area contributed by atoms with E-state index in [1.54, 1.807) is 12.3 Å². The van der Waals surface area contributed by atoms with Gasteiger partial charge in [0.25, 0.3) is 5.91 Å². The minimum atomic E-state index is -0.250. The van der Waals surface area contributed by atoms with E-state index in [0.717, 1.165) is 56.7 Å². The van der Waals surface area contributed by atoms with E-state index in [1.807, 2.05) is 28.8 Å². The van der Waals surface area contributed by atoms with Crippen molar-refractivity contribution in [3.8, 4) is 11.3 Å². The number of amides is 1. The van der Waals surface area contributed by atoms with Gasteiger partial charge in [-0.1, -0.05) is 18.2 Å². The Morgan fingerprint density at radius 1 is 1.19 bits per heavy atom. The molecule has 1 amide bonds. The van der Waals surface area contributed by atoms with Crippen molar-refractivity contribution in [3.63, 3.8) is 0 Å². The molecule has 186 valence electrons. The molecule has 2 aliphatic rings. The van der Waals surface area contributed by atoms with Gasteiger partial charge in [-0.25, -0.2) is 15.0 Å². The Morgan fingerprint density at radius 2 is 2.00 bits per heavy atom. The number of hydrogen-bond donors (Lipinski definition) is 3. The molecule has 0 bridgehead atoms. The van der Waals surface area contributed by atoms with Gasteiger partial charge in [0.15, 0.2) is 5.13 Å². The molecule has 1 aliphatic heterocycles. The first kappa shape index (κ1) is 23.1. The summed E-state index contributed by atoms with van der Waals surface area (Å²) in [4.78, 5) is 31.0. The Hall–Kier alpha value is -3.34. The molecule has 10 heteroatoms. The van der Waals surface area contributed by atoms with Gasteiger partial charge in [-0.05, 0) is 38.8 Å². The maximum Gasteiger partial charge on any atom is 0.258 e. The van der Waals surface area contributed by atoms with E-state index in [0.29, 0.717) is 33.3 Å². The van der Waals surface area contributed by atoms with E-state index >= 15 is 0 Å². The van der Waals surface area contributed by atoms with Gasteiger partial charge in [-0.15, -0.1) is 11.3 Å². The average Bonchev–Trinajstić information content (AvgIpc) is 3.46. The predicted molar refractivity (Wildman–Crippen MR) is 140 cm³/mol. The summed E-state index contributed by atoms with van der Waals surface area (Å²) < 4.78 is 2.00. The third-order valence-electron chi connectivity index (χ3n) is 7.24. The van der Waals surface area contributed by atoms with Crippen molar-refractivity contribution in [3.05, 3.63) is 58.6 Å². The number of likely N-dealkylation sites (N-methyl/N-ethyl adjacent to an activating group) is 1. The van der Waals surface area contributed by atoms with Crippen LogP contribution in [0.3, 0.4) is 0 Å². The SMILES string of the molecule is CN1CCc2nc(NC(=O)c3ccccc3-c3nc(C4CCC(O)CC4)n4ccnc(N)c34)sc2C1. The Morgan fingerprint density at radius 3 is 2.83 bits per heavy atom. The van der Waals surface area contributed by atoms with Gasteiger partial charge in [-0.3, -0.25) is 14.5 Å². The summed E-state index contributed by atoms with van der Waals surface area (Å²) in [5, 5.41) is 13.6. The van der Waals surface area contributed by atoms with E-state index in [1.165, 1.54) is 16.2 Å². The van der Waals surface area contributed by atoms with Crippen molar-refractivity contribution in [2.75, 3.05) is 24.6 Å². The van der Waals surface area contributed by atoms with Crippen LogP contribution >= 0.6 is 11.3 Å². The minimum Gasteiger partial charge on any atom is -0.393 e. The molecule has 3 aromatic heterocycles. The Labute approximate surface area is 213 Å². The van der Waals surface area contributed by atoms with Crippen LogP contribution in [0.25, 0.3) is 16.8 Å². The van der Waals surface area contributed by atoms with E-state index in [9.17, 15) is 9.90 Å². The number of benzene rings is 1. The maximum atomic E-state index is 13.5. The standard InChI is InChI=1S/C26H29N7O2S/c1-32-12-10-19-20(14-32)36-26(29-19)31-25(35)18-5-3-2-4-17(18)21-22-23(27)28-11-13-33(22)24(30-21)15-6-8-16(34)9-7-15/h2-5,11,13,15-16,34H,6-10,12,14H2,1H3,(H2,27,28)(H,29,31,35). The minimum absolute atomic E-state index is 0.206. The van der Waals surface area contributed by atoms with Crippen molar-refractivity contribution in [1.82, 2.24) is 24.3 Å². The number of imidazole rings is 1. The molecule has 1 aliphatic carbocycles. The summed E-state index contributed by atoms with van der Waals surface area (Å²) in [6.45, 7) is 1.82. The predicted octanol–water partition coefficient (Wildman–Crippen LogP) is 3.69. The first-order valence-corrected chi connectivity index (χ1v) is 13.2. The van der Waals surface area contributed by atoms with Crippen LogP contribution in [0.2, 0.25) is 0 Å². The summed E-state index contributed by atoms with van der Waals surface area (Å²) >= 11 is 1.54. The molecule has 0 spiro atoms. The van der Waals surface area contributed by atoms with Crippen LogP contribution in [0.4, 0.5) is 10.9 Å². The molecule has 1 aromatic carbocycles. The second-order valence-electron chi connectivity index (χ2n) is 9.73. The number of rotatable bonds is 4. The number of hydrogen-bond acceptors (Lipinski definition) is 8. The maximum absolute atomic E-state index is 13.5. The first-order valence-electron chi connectivity index (χ1n) is 12.4. The Bertz CT molecular complexity index is 1440. The molecule has 0 saturated heterocycles. The summed E-state index contributed by atoms with van der Waals surface area (Å²) in [5.41, 5.74) is 9.98. The number of aliphatic hydroxyl groups excluding tert-OH is 1. The lowest BCUT2D eigenvalue weighted by molar-refractivity contribution is 0.102. The zero-order chi connectivity index (χ0) is 24.8. The molecule has 1 fully saturated rings. The van der Waals surface area contributed by atoms with Crippen LogP contribution in [0.5, 0.6) is 0 Å². The smallest absolute Gasteiger partial charge is 0.258 e. The molecule has 36 heavy (non-hydrogen) atoms. The van der Waals surface area contributed by atoms with E-state index in [-0.39, 0.29) is 17.9 Å². The second-order valence-corrected chi connectivity index (χ2v) is 10.8. The Balaban J connectivity index is 1.38. The van der Waals surface area contributed by atoms with Crippen LogP contribution in [0, 0.1) is 0 Å². The van der Waals surface area contributed by atoms with Crippen LogP contribution in [-0.4, -0.2) is 55.0 Å². The topological polar surface area (TPSA) is 122 Å². The van der Waals surface area contributed by atoms with Gasteiger partial charge < -0.3 is 15.7 Å². The Kier molecular flexibility index (Phi) is 5.94. The third kappa shape index (κ3) is 4.15. The summed E-state index contributed by atoms with van der Waals surface area (Å²) in [6, 6.07) is 7.46. The fourth-order valence-corrected chi connectivity index (χ4v) is 6.41. The van der Waals surface area contributed by atoms with Crippen LogP contribution in [0.15, 0.2) is 36.7 Å². The van der Waals surface area contributed by atoms with Gasteiger partial charge in [0.05, 0.1) is 11.8 Å². The van der Waals surface area contributed by atoms with Gasteiger partial charge in [0.1, 0.15) is 22.9 Å². The number of anilines is 2. The molecule has 0 unspecified atom stereocenters. The fourth-order valence-electron chi connectivity index (χ4n) is 5.33. The van der Waals surface area contributed by atoms with Gasteiger partial charge in [0, 0.05) is 53.8 Å². The summed E-state index contributed by atoms with van der Waals surface area (Å²) in [6.07, 6.45) is 7.41. The van der Waals surface area contributed by atoms with E-state index in [4.69, 9.17) is 10.7 Å². The van der Waals surface area contributed by atoms with E-state index < -0.39 is 0 Å². The number of nitrogen functional groups attached to an aromatic ring is 1. The highest BCUT2D eigenvalue weighted by atomic mass is 32.1. The third-order valence-corrected chi connectivity index (χ3v) is 8.24. The average molecular weight is 504 g/mol. The zero-order valence-electron chi connectivity index (χ0n) is 20.1. The highest BCUT2D eigenvalue weighted by Gasteiger charge is 2.28. The molecule has 4 heterocycles. The number of fused-ring (bicyclic) bond motifs is 2. The number of aromatic nitrogens is 4. The highest BCUT2D eigenvalue weighted by Crippen LogP contribution is 2.38. The summed E-state index contributed by atoms with van der Waals surface area (Å²) in [5.74, 6) is 1.25. The zero-order valence-corrected chi connectivity index (χ0v) is 21.0. The monoisotopic (exact) mass is 503 g/mol. The van der Waals surface area contributed by atoms with Crippen LogP contribution in [0.1, 0.15) is 58.4 Å². The molecule has 1 saturated carbocycles. The van der Waals surface area contributed by atoms with E-state index in [2.05, 4.69) is 27.2 Å². The number of thiazole rings is 1. The lowest BCUT2D eigenvalue weighted by atomic mass is 9.87. The number of nitrogens with two attached hydrogens (primary N) is 1. The van der Waals surface area contributed by atoms with Gasteiger partial charge in [0.2, 0.25) is 0 Å².